The lowest BCUT2D eigenvalue weighted by atomic mass is 10.2. The van der Waals surface area contributed by atoms with Crippen LogP contribution >= 0.6 is 22.7 Å². The van der Waals surface area contributed by atoms with Crippen molar-refractivity contribution in [1.82, 2.24) is 19.8 Å². The molecule has 1 N–H and O–H groups in total. The normalized spacial score (nSPS) is 11.3. The lowest BCUT2D eigenvalue weighted by molar-refractivity contribution is -0.121. The molecule has 8 heteroatoms. The maximum Gasteiger partial charge on any atom is 0.263 e. The van der Waals surface area contributed by atoms with E-state index in [-0.39, 0.29) is 18.0 Å². The first kappa shape index (κ1) is 17.8. The van der Waals surface area contributed by atoms with Crippen molar-refractivity contribution in [3.8, 4) is 10.4 Å². The number of carbonyl (C=O) groups excluding carboxylic acids is 1. The van der Waals surface area contributed by atoms with Crippen LogP contribution in [0.15, 0.2) is 34.0 Å². The van der Waals surface area contributed by atoms with Crippen molar-refractivity contribution in [2.24, 2.45) is 0 Å². The van der Waals surface area contributed by atoms with Gasteiger partial charge < -0.3 is 10.2 Å². The van der Waals surface area contributed by atoms with Crippen LogP contribution in [0.4, 0.5) is 0 Å². The Labute approximate surface area is 153 Å². The summed E-state index contributed by atoms with van der Waals surface area (Å²) in [5.41, 5.74) is 0.728. The Morgan fingerprint density at radius 2 is 2.20 bits per heavy atom. The molecule has 0 spiro atoms. The summed E-state index contributed by atoms with van der Waals surface area (Å²) in [6, 6.07) is 3.94. The van der Waals surface area contributed by atoms with E-state index in [1.54, 1.807) is 11.3 Å². The quantitative estimate of drug-likeness (QED) is 0.642. The van der Waals surface area contributed by atoms with Crippen LogP contribution in [-0.4, -0.2) is 47.5 Å². The molecule has 0 saturated heterocycles. The summed E-state index contributed by atoms with van der Waals surface area (Å²) < 4.78 is 1.38. The molecular weight excluding hydrogens is 356 g/mol. The molecule has 0 aromatic carbocycles. The summed E-state index contributed by atoms with van der Waals surface area (Å²) in [4.78, 5) is 33.1. The van der Waals surface area contributed by atoms with Gasteiger partial charge in [-0.2, -0.15) is 0 Å². The number of nitrogens with one attached hydrogen (secondary N) is 1. The van der Waals surface area contributed by atoms with Crippen LogP contribution in [0, 0.1) is 0 Å². The lowest BCUT2D eigenvalue weighted by Crippen LogP contribution is -2.33. The third kappa shape index (κ3) is 4.15. The van der Waals surface area contributed by atoms with Gasteiger partial charge in [-0.15, -0.1) is 22.7 Å². The van der Waals surface area contributed by atoms with Crippen molar-refractivity contribution in [2.75, 3.05) is 27.2 Å². The summed E-state index contributed by atoms with van der Waals surface area (Å²) in [6.45, 7) is 1.50. The van der Waals surface area contributed by atoms with E-state index in [0.717, 1.165) is 23.4 Å². The maximum absolute atomic E-state index is 12.8. The standard InChI is InChI=1S/C17H20N4O2S2/c1-20(2)7-4-6-18-14(22)9-21-11-19-16-15(17(21)23)12(10-25-16)13-5-3-8-24-13/h3,5,8,10-11H,4,6-7,9H2,1-2H3,(H,18,22). The van der Waals surface area contributed by atoms with Crippen LogP contribution < -0.4 is 10.9 Å². The largest absolute Gasteiger partial charge is 0.354 e. The minimum atomic E-state index is -0.171. The molecule has 0 atom stereocenters. The van der Waals surface area contributed by atoms with Gasteiger partial charge in [0.05, 0.1) is 11.7 Å². The number of hydrogen-bond donors (Lipinski definition) is 1. The van der Waals surface area contributed by atoms with Gasteiger partial charge >= 0.3 is 0 Å². The molecule has 3 aromatic rings. The molecule has 132 valence electrons. The zero-order valence-electron chi connectivity index (χ0n) is 14.2. The number of rotatable bonds is 7. The number of fused-ring (bicyclic) bond motifs is 1. The van der Waals surface area contributed by atoms with Gasteiger partial charge in [0.1, 0.15) is 11.4 Å². The first-order valence-corrected chi connectivity index (χ1v) is 9.74. The smallest absolute Gasteiger partial charge is 0.263 e. The fraction of sp³-hybridized carbons (Fsp3) is 0.353. The summed E-state index contributed by atoms with van der Waals surface area (Å²) in [6.07, 6.45) is 2.33. The van der Waals surface area contributed by atoms with Gasteiger partial charge in [-0.3, -0.25) is 14.2 Å². The van der Waals surface area contributed by atoms with Gasteiger partial charge in [0, 0.05) is 22.4 Å². The Hall–Kier alpha value is -2.03. The summed E-state index contributed by atoms with van der Waals surface area (Å²) in [7, 11) is 3.99. The van der Waals surface area contributed by atoms with E-state index in [1.165, 1.54) is 22.2 Å². The van der Waals surface area contributed by atoms with E-state index < -0.39 is 0 Å². The van der Waals surface area contributed by atoms with Gasteiger partial charge in [-0.05, 0) is 38.5 Å². The van der Waals surface area contributed by atoms with Crippen LogP contribution in [0.2, 0.25) is 0 Å². The van der Waals surface area contributed by atoms with Crippen LogP contribution in [0.25, 0.3) is 20.7 Å². The van der Waals surface area contributed by atoms with E-state index in [9.17, 15) is 9.59 Å². The lowest BCUT2D eigenvalue weighted by Gasteiger charge is -2.10. The second-order valence-corrected chi connectivity index (χ2v) is 7.80. The highest BCUT2D eigenvalue weighted by Gasteiger charge is 2.15. The summed E-state index contributed by atoms with van der Waals surface area (Å²) >= 11 is 3.04. The fourth-order valence-electron chi connectivity index (χ4n) is 2.53. The van der Waals surface area contributed by atoms with Crippen molar-refractivity contribution in [3.63, 3.8) is 0 Å². The zero-order valence-corrected chi connectivity index (χ0v) is 15.8. The van der Waals surface area contributed by atoms with Crippen LogP contribution in [-0.2, 0) is 11.3 Å². The number of hydrogen-bond acceptors (Lipinski definition) is 6. The minimum absolute atomic E-state index is 0.0105. The molecule has 3 aromatic heterocycles. The van der Waals surface area contributed by atoms with Crippen molar-refractivity contribution in [3.05, 3.63) is 39.6 Å². The average Bonchev–Trinajstić information content (AvgIpc) is 3.23. The maximum atomic E-state index is 12.8. The predicted molar refractivity (Wildman–Crippen MR) is 103 cm³/mol. The molecule has 0 fully saturated rings. The number of amides is 1. The third-order valence-corrected chi connectivity index (χ3v) is 5.56. The Kier molecular flexibility index (Phi) is 5.62. The minimum Gasteiger partial charge on any atom is -0.354 e. The molecule has 3 heterocycles. The molecule has 0 radical (unpaired) electrons. The monoisotopic (exact) mass is 376 g/mol. The summed E-state index contributed by atoms with van der Waals surface area (Å²) in [5, 5.41) is 7.38. The zero-order chi connectivity index (χ0) is 17.8. The van der Waals surface area contributed by atoms with Crippen LogP contribution in [0.1, 0.15) is 6.42 Å². The van der Waals surface area contributed by atoms with Gasteiger partial charge in [0.15, 0.2) is 0 Å². The van der Waals surface area contributed by atoms with Crippen LogP contribution in [0.3, 0.4) is 0 Å². The second-order valence-electron chi connectivity index (χ2n) is 5.99. The van der Waals surface area contributed by atoms with Crippen molar-refractivity contribution < 1.29 is 4.79 Å². The van der Waals surface area contributed by atoms with E-state index in [2.05, 4.69) is 15.2 Å². The number of aromatic nitrogens is 2. The fourth-order valence-corrected chi connectivity index (χ4v) is 4.25. The molecular formula is C17H20N4O2S2. The molecule has 0 unspecified atom stereocenters. The molecule has 6 nitrogen and oxygen atoms in total. The summed E-state index contributed by atoms with van der Waals surface area (Å²) in [5.74, 6) is -0.171. The molecule has 0 saturated carbocycles. The molecule has 0 aliphatic heterocycles. The Morgan fingerprint density at radius 1 is 1.36 bits per heavy atom. The van der Waals surface area contributed by atoms with Gasteiger partial charge in [0.25, 0.3) is 5.56 Å². The average molecular weight is 377 g/mol. The number of nitrogens with zero attached hydrogens (tertiary/aromatic N) is 3. The predicted octanol–water partition coefficient (Wildman–Crippen LogP) is 2.25. The highest BCUT2D eigenvalue weighted by molar-refractivity contribution is 7.18. The van der Waals surface area contributed by atoms with Gasteiger partial charge in [0.2, 0.25) is 5.91 Å². The number of thiophene rings is 2. The number of carbonyl (C=O) groups is 1. The first-order chi connectivity index (χ1) is 12.1. The molecule has 1 amide bonds. The molecule has 0 aliphatic rings. The van der Waals surface area contributed by atoms with Gasteiger partial charge in [-0.25, -0.2) is 4.98 Å². The first-order valence-electron chi connectivity index (χ1n) is 7.98. The SMILES string of the molecule is CN(C)CCCNC(=O)Cn1cnc2scc(-c3cccs3)c2c1=O. The topological polar surface area (TPSA) is 67.2 Å². The highest BCUT2D eigenvalue weighted by atomic mass is 32.1. The van der Waals surface area contributed by atoms with Crippen molar-refractivity contribution >= 4 is 38.8 Å². The Bertz CT molecular complexity index is 913. The highest BCUT2D eigenvalue weighted by Crippen LogP contribution is 2.33. The Morgan fingerprint density at radius 3 is 2.92 bits per heavy atom. The molecule has 0 aliphatic carbocycles. The molecule has 3 rings (SSSR count). The van der Waals surface area contributed by atoms with Crippen LogP contribution in [0.5, 0.6) is 0 Å². The van der Waals surface area contributed by atoms with E-state index >= 15 is 0 Å². The van der Waals surface area contributed by atoms with Crippen molar-refractivity contribution in [1.29, 1.82) is 0 Å². The van der Waals surface area contributed by atoms with Crippen molar-refractivity contribution in [2.45, 2.75) is 13.0 Å². The van der Waals surface area contributed by atoms with E-state index in [0.29, 0.717) is 16.8 Å². The van der Waals surface area contributed by atoms with Gasteiger partial charge in [-0.1, -0.05) is 6.07 Å². The second kappa shape index (κ2) is 7.90. The Balaban J connectivity index is 1.76. The molecule has 0 bridgehead atoms. The van der Waals surface area contributed by atoms with E-state index in [1.807, 2.05) is 37.0 Å². The van der Waals surface area contributed by atoms with E-state index in [4.69, 9.17) is 0 Å². The molecule has 25 heavy (non-hydrogen) atoms. The third-order valence-electron chi connectivity index (χ3n) is 3.77.